The van der Waals surface area contributed by atoms with Crippen LogP contribution in [0, 0.1) is 12.7 Å². The summed E-state index contributed by atoms with van der Waals surface area (Å²) in [7, 11) is 1.54. The normalized spacial score (nSPS) is 13.1. The van der Waals surface area contributed by atoms with E-state index in [1.54, 1.807) is 52.1 Å². The number of nitrogens with one attached hydrogen (secondary N) is 1. The Labute approximate surface area is 251 Å². The second-order valence-corrected chi connectivity index (χ2v) is 12.0. The molecule has 0 radical (unpaired) electrons. The van der Waals surface area contributed by atoms with Gasteiger partial charge in [-0.15, -0.1) is 11.3 Å². The number of ether oxygens (including phenoxy) is 3. The van der Waals surface area contributed by atoms with Crippen molar-refractivity contribution in [3.63, 3.8) is 0 Å². The minimum atomic E-state index is -0.890. The summed E-state index contributed by atoms with van der Waals surface area (Å²) in [5.41, 5.74) is 3.84. The summed E-state index contributed by atoms with van der Waals surface area (Å²) in [4.78, 5) is 30.4. The Bertz CT molecular complexity index is 1790. The first-order valence-corrected chi connectivity index (χ1v) is 14.4. The van der Waals surface area contributed by atoms with E-state index >= 15 is 4.39 Å². The molecular weight excluding hydrogens is 573 g/mol. The summed E-state index contributed by atoms with van der Waals surface area (Å²) in [5.74, 6) is -0.142. The molecule has 0 saturated heterocycles. The minimum absolute atomic E-state index is 0.0243. The molecule has 0 unspecified atom stereocenters. The lowest BCUT2D eigenvalue weighted by atomic mass is 10.0. The Hall–Kier alpha value is -4.42. The molecule has 0 saturated carbocycles. The van der Waals surface area contributed by atoms with E-state index in [9.17, 15) is 9.90 Å². The van der Waals surface area contributed by atoms with Crippen LogP contribution in [-0.4, -0.2) is 56.1 Å². The van der Waals surface area contributed by atoms with Gasteiger partial charge in [0, 0.05) is 29.8 Å². The zero-order valence-electron chi connectivity index (χ0n) is 24.6. The molecule has 3 heterocycles. The number of hydrogen-bond acceptors (Lipinski definition) is 10. The van der Waals surface area contributed by atoms with Gasteiger partial charge < -0.3 is 19.3 Å². The molecule has 1 amide bonds. The number of nitrogens with zero attached hydrogens (tertiary/aromatic N) is 4. The molecule has 2 aromatic carbocycles. The first-order chi connectivity index (χ1) is 20.4. The van der Waals surface area contributed by atoms with E-state index in [-0.39, 0.29) is 5.75 Å². The molecular formula is C31H32FN5O5S. The number of aryl methyl sites for hydroxylation is 1. The zero-order valence-corrected chi connectivity index (χ0v) is 25.5. The number of benzene rings is 2. The maximum atomic E-state index is 15.1. The highest BCUT2D eigenvalue weighted by Gasteiger charge is 2.22. The number of thiazole rings is 1. The SMILES string of the molecule is COc1cnc2c(-c3nc4cc(F)c(O[C@@H](C)[C@@H](C)OC(=O)Nc5ccc(CC(C)(C)O)nc5)cc4s3)cc(C)cc2n1. The summed E-state index contributed by atoms with van der Waals surface area (Å²) < 4.78 is 32.4. The van der Waals surface area contributed by atoms with E-state index in [1.807, 2.05) is 19.1 Å². The molecule has 224 valence electrons. The minimum Gasteiger partial charge on any atom is -0.484 e. The van der Waals surface area contributed by atoms with Crippen molar-refractivity contribution in [2.45, 2.75) is 58.8 Å². The van der Waals surface area contributed by atoms with E-state index in [0.717, 1.165) is 15.8 Å². The van der Waals surface area contributed by atoms with E-state index in [2.05, 4.69) is 25.3 Å². The Morgan fingerprint density at radius 1 is 1.07 bits per heavy atom. The maximum absolute atomic E-state index is 15.1. The number of aromatic nitrogens is 4. The fourth-order valence-corrected chi connectivity index (χ4v) is 5.39. The lowest BCUT2D eigenvalue weighted by molar-refractivity contribution is 0.0402. The summed E-state index contributed by atoms with van der Waals surface area (Å²) in [6.07, 6.45) is 1.35. The smallest absolute Gasteiger partial charge is 0.412 e. The number of halogens is 1. The zero-order chi connectivity index (χ0) is 30.9. The maximum Gasteiger partial charge on any atom is 0.412 e. The van der Waals surface area contributed by atoms with Crippen molar-refractivity contribution in [3.8, 4) is 22.2 Å². The summed E-state index contributed by atoms with van der Waals surface area (Å²) >= 11 is 1.39. The largest absolute Gasteiger partial charge is 0.484 e. The van der Waals surface area contributed by atoms with E-state index < -0.39 is 29.7 Å². The van der Waals surface area contributed by atoms with Crippen molar-refractivity contribution in [2.75, 3.05) is 12.4 Å². The van der Waals surface area contributed by atoms with E-state index in [4.69, 9.17) is 14.2 Å². The van der Waals surface area contributed by atoms with Gasteiger partial charge in [-0.1, -0.05) is 0 Å². The molecule has 2 atom stereocenters. The molecule has 3 aromatic heterocycles. The third-order valence-corrected chi connectivity index (χ3v) is 7.65. The second kappa shape index (κ2) is 12.1. The second-order valence-electron chi connectivity index (χ2n) is 10.9. The molecule has 0 aliphatic heterocycles. The highest BCUT2D eigenvalue weighted by atomic mass is 32.1. The van der Waals surface area contributed by atoms with Gasteiger partial charge >= 0.3 is 6.09 Å². The first kappa shape index (κ1) is 30.1. The van der Waals surface area contributed by atoms with Crippen LogP contribution >= 0.6 is 11.3 Å². The highest BCUT2D eigenvalue weighted by molar-refractivity contribution is 7.21. The number of pyridine rings is 1. The van der Waals surface area contributed by atoms with Crippen LogP contribution in [0.4, 0.5) is 14.9 Å². The van der Waals surface area contributed by atoms with Crippen LogP contribution in [0.2, 0.25) is 0 Å². The van der Waals surface area contributed by atoms with Crippen LogP contribution in [-0.2, 0) is 11.2 Å². The van der Waals surface area contributed by atoms with Crippen molar-refractivity contribution in [1.82, 2.24) is 19.9 Å². The standard InChI is InChI=1S/C31H32FN5O5S/c1-16-9-21(28-24(10-16)36-27(40-6)15-34-28)29-37-23-11-22(32)25(12-26(23)43-29)41-17(2)18(3)42-30(38)35-20-8-7-19(33-14-20)13-31(4,5)39/h7-12,14-15,17-18,39H,13H2,1-6H3,(H,35,38)/t17-,18+/m0/s1. The van der Waals surface area contributed by atoms with Crippen molar-refractivity contribution >= 4 is 44.4 Å². The third kappa shape index (κ3) is 7.15. The van der Waals surface area contributed by atoms with Gasteiger partial charge in [0.15, 0.2) is 11.6 Å². The van der Waals surface area contributed by atoms with Gasteiger partial charge in [0.25, 0.3) is 0 Å². The summed E-state index contributed by atoms with van der Waals surface area (Å²) in [6.45, 7) is 8.71. The van der Waals surface area contributed by atoms with Gasteiger partial charge in [0.05, 0.1) is 52.0 Å². The first-order valence-electron chi connectivity index (χ1n) is 13.6. The van der Waals surface area contributed by atoms with Gasteiger partial charge in [0.1, 0.15) is 17.2 Å². The quantitative estimate of drug-likeness (QED) is 0.194. The van der Waals surface area contributed by atoms with E-state index in [1.165, 1.54) is 30.7 Å². The Morgan fingerprint density at radius 3 is 2.56 bits per heavy atom. The molecule has 12 heteroatoms. The number of anilines is 1. The van der Waals surface area contributed by atoms with Crippen LogP contribution in [0.5, 0.6) is 11.6 Å². The molecule has 0 aliphatic rings. The molecule has 5 rings (SSSR count). The molecule has 2 N–H and O–H groups in total. The lowest BCUT2D eigenvalue weighted by Gasteiger charge is -2.22. The van der Waals surface area contributed by atoms with Gasteiger partial charge in [-0.05, 0) is 64.4 Å². The van der Waals surface area contributed by atoms with Crippen LogP contribution in [0.1, 0.15) is 39.0 Å². The van der Waals surface area contributed by atoms with Crippen LogP contribution < -0.4 is 14.8 Å². The summed E-state index contributed by atoms with van der Waals surface area (Å²) in [6, 6.07) is 10.2. The van der Waals surface area contributed by atoms with Gasteiger partial charge in [-0.2, -0.15) is 0 Å². The third-order valence-electron chi connectivity index (χ3n) is 6.60. The number of amides is 1. The van der Waals surface area contributed by atoms with Gasteiger partial charge in [-0.25, -0.2) is 24.1 Å². The number of aliphatic hydroxyl groups is 1. The Balaban J connectivity index is 1.28. The molecule has 10 nitrogen and oxygen atoms in total. The molecule has 0 spiro atoms. The predicted octanol–water partition coefficient (Wildman–Crippen LogP) is 6.48. The van der Waals surface area contributed by atoms with Crippen molar-refractivity contribution in [3.05, 3.63) is 65.9 Å². The van der Waals surface area contributed by atoms with Crippen molar-refractivity contribution in [1.29, 1.82) is 0 Å². The fraction of sp³-hybridized carbons (Fsp3) is 0.323. The number of carbonyl (C=O) groups excluding carboxylic acids is 1. The van der Waals surface area contributed by atoms with E-state index in [0.29, 0.717) is 45.2 Å². The molecule has 0 fully saturated rings. The summed E-state index contributed by atoms with van der Waals surface area (Å²) in [5, 5.41) is 13.2. The van der Waals surface area contributed by atoms with Gasteiger partial charge in [-0.3, -0.25) is 10.3 Å². The fourth-order valence-electron chi connectivity index (χ4n) is 4.40. The number of fused-ring (bicyclic) bond motifs is 2. The Kier molecular flexibility index (Phi) is 8.43. The van der Waals surface area contributed by atoms with Crippen molar-refractivity contribution in [2.24, 2.45) is 0 Å². The molecule has 43 heavy (non-hydrogen) atoms. The highest BCUT2D eigenvalue weighted by Crippen LogP contribution is 2.37. The number of methoxy groups -OCH3 is 1. The molecule has 0 bridgehead atoms. The monoisotopic (exact) mass is 605 g/mol. The Morgan fingerprint density at radius 2 is 1.86 bits per heavy atom. The number of hydrogen-bond donors (Lipinski definition) is 2. The van der Waals surface area contributed by atoms with Crippen LogP contribution in [0.3, 0.4) is 0 Å². The average molecular weight is 606 g/mol. The topological polar surface area (TPSA) is 129 Å². The number of carbonyl (C=O) groups is 1. The predicted molar refractivity (Wildman–Crippen MR) is 163 cm³/mol. The lowest BCUT2D eigenvalue weighted by Crippen LogP contribution is -2.32. The average Bonchev–Trinajstić information content (AvgIpc) is 3.35. The van der Waals surface area contributed by atoms with Crippen molar-refractivity contribution < 1.29 is 28.5 Å². The van der Waals surface area contributed by atoms with Crippen LogP contribution in [0.25, 0.3) is 31.8 Å². The van der Waals surface area contributed by atoms with Crippen LogP contribution in [0.15, 0.2) is 48.8 Å². The molecule has 5 aromatic rings. The molecule has 0 aliphatic carbocycles. The van der Waals surface area contributed by atoms with Gasteiger partial charge in [0.2, 0.25) is 5.88 Å². The number of rotatable bonds is 9.